The molecule has 0 atom stereocenters. The highest BCUT2D eigenvalue weighted by atomic mass is 16.5. The van der Waals surface area contributed by atoms with E-state index in [0.29, 0.717) is 6.61 Å². The summed E-state index contributed by atoms with van der Waals surface area (Å²) in [5.74, 6) is 0. The monoisotopic (exact) mass is 217 g/mol. The molecule has 0 aliphatic heterocycles. The van der Waals surface area contributed by atoms with Crippen LogP contribution in [0.4, 0.5) is 0 Å². The van der Waals surface area contributed by atoms with Gasteiger partial charge in [-0.3, -0.25) is 4.79 Å². The van der Waals surface area contributed by atoms with E-state index in [2.05, 4.69) is 0 Å². The molecule has 0 aliphatic carbocycles. The van der Waals surface area contributed by atoms with Crippen LogP contribution in [-0.2, 0) is 11.3 Å². The molecule has 3 heteroatoms. The highest BCUT2D eigenvalue weighted by Crippen LogP contribution is 2.18. The third kappa shape index (κ3) is 1.99. The zero-order chi connectivity index (χ0) is 11.4. The van der Waals surface area contributed by atoms with Crippen LogP contribution >= 0.6 is 0 Å². The minimum absolute atomic E-state index is 0.713. The molecule has 0 N–H and O–H groups in total. The van der Waals surface area contributed by atoms with Crippen LogP contribution in [0, 0.1) is 0 Å². The summed E-state index contributed by atoms with van der Waals surface area (Å²) in [7, 11) is 1.69. The number of aromatic nitrogens is 1. The summed E-state index contributed by atoms with van der Waals surface area (Å²) in [5, 5.41) is 1.11. The fourth-order valence-corrected chi connectivity index (χ4v) is 1.95. The fourth-order valence-electron chi connectivity index (χ4n) is 1.95. The summed E-state index contributed by atoms with van der Waals surface area (Å²) in [5.41, 5.74) is 1.85. The number of aryl methyl sites for hydroxylation is 1. The second-order valence-electron chi connectivity index (χ2n) is 3.74. The predicted molar refractivity (Wildman–Crippen MR) is 63.8 cm³/mol. The van der Waals surface area contributed by atoms with E-state index in [1.54, 1.807) is 7.11 Å². The molecule has 0 unspecified atom stereocenters. The quantitative estimate of drug-likeness (QED) is 0.569. The number of para-hydroxylation sites is 1. The van der Waals surface area contributed by atoms with Gasteiger partial charge in [-0.2, -0.15) is 0 Å². The van der Waals surface area contributed by atoms with Crippen molar-refractivity contribution >= 4 is 17.2 Å². The van der Waals surface area contributed by atoms with Crippen molar-refractivity contribution in [3.05, 3.63) is 36.0 Å². The summed E-state index contributed by atoms with van der Waals surface area (Å²) in [6.45, 7) is 1.53. The van der Waals surface area contributed by atoms with Crippen LogP contribution in [0.3, 0.4) is 0 Å². The van der Waals surface area contributed by atoms with Gasteiger partial charge in [-0.15, -0.1) is 0 Å². The molecule has 0 saturated carbocycles. The first-order chi connectivity index (χ1) is 7.86. The first-order valence-corrected chi connectivity index (χ1v) is 5.39. The number of benzene rings is 1. The molecular weight excluding hydrogens is 202 g/mol. The van der Waals surface area contributed by atoms with Crippen molar-refractivity contribution in [1.29, 1.82) is 0 Å². The Morgan fingerprint density at radius 2 is 2.19 bits per heavy atom. The van der Waals surface area contributed by atoms with E-state index in [4.69, 9.17) is 4.74 Å². The normalized spacial score (nSPS) is 10.8. The number of hydrogen-bond acceptors (Lipinski definition) is 2. The van der Waals surface area contributed by atoms with Crippen molar-refractivity contribution in [3.8, 4) is 0 Å². The Labute approximate surface area is 94.6 Å². The third-order valence-electron chi connectivity index (χ3n) is 2.69. The van der Waals surface area contributed by atoms with Gasteiger partial charge in [-0.05, 0) is 18.6 Å². The molecule has 0 radical (unpaired) electrons. The summed E-state index contributed by atoms with van der Waals surface area (Å²) in [4.78, 5) is 11.0. The third-order valence-corrected chi connectivity index (χ3v) is 2.69. The van der Waals surface area contributed by atoms with Crippen LogP contribution in [-0.4, -0.2) is 24.6 Å². The van der Waals surface area contributed by atoms with E-state index in [-0.39, 0.29) is 0 Å². The van der Waals surface area contributed by atoms with Crippen LogP contribution in [0.5, 0.6) is 0 Å². The lowest BCUT2D eigenvalue weighted by Gasteiger charge is -2.06. The summed E-state index contributed by atoms with van der Waals surface area (Å²) in [6, 6.07) is 9.96. The van der Waals surface area contributed by atoms with Gasteiger partial charge in [0.2, 0.25) is 0 Å². The lowest BCUT2D eigenvalue weighted by atomic mass is 10.2. The number of hydrogen-bond donors (Lipinski definition) is 0. The molecule has 84 valence electrons. The number of carbonyl (C=O) groups is 1. The number of ether oxygens (including phenoxy) is 1. The number of aldehydes is 1. The largest absolute Gasteiger partial charge is 0.385 e. The van der Waals surface area contributed by atoms with Gasteiger partial charge in [-0.1, -0.05) is 18.2 Å². The average Bonchev–Trinajstić information content (AvgIpc) is 2.68. The zero-order valence-electron chi connectivity index (χ0n) is 9.35. The van der Waals surface area contributed by atoms with Crippen LogP contribution in [0.15, 0.2) is 30.3 Å². The number of methoxy groups -OCH3 is 1. The van der Waals surface area contributed by atoms with Crippen LogP contribution in [0.25, 0.3) is 10.9 Å². The van der Waals surface area contributed by atoms with Gasteiger partial charge in [-0.25, -0.2) is 0 Å². The topological polar surface area (TPSA) is 31.2 Å². The maximum Gasteiger partial charge on any atom is 0.166 e. The Kier molecular flexibility index (Phi) is 3.37. The second kappa shape index (κ2) is 4.94. The SMILES string of the molecule is COCCCn1c(C=O)cc2ccccc21. The van der Waals surface area contributed by atoms with Gasteiger partial charge in [0.05, 0.1) is 5.69 Å². The van der Waals surface area contributed by atoms with Crippen molar-refractivity contribution in [1.82, 2.24) is 4.57 Å². The predicted octanol–water partition coefficient (Wildman–Crippen LogP) is 2.49. The first kappa shape index (κ1) is 10.9. The molecule has 0 aliphatic rings. The Morgan fingerprint density at radius 1 is 1.38 bits per heavy atom. The van der Waals surface area contributed by atoms with Gasteiger partial charge < -0.3 is 9.30 Å². The van der Waals surface area contributed by atoms with E-state index < -0.39 is 0 Å². The molecular formula is C13H15NO2. The lowest BCUT2D eigenvalue weighted by Crippen LogP contribution is -2.04. The molecule has 0 spiro atoms. The van der Waals surface area contributed by atoms with Gasteiger partial charge in [0.15, 0.2) is 6.29 Å². The molecule has 1 aromatic carbocycles. The minimum atomic E-state index is 0.713. The van der Waals surface area contributed by atoms with Gasteiger partial charge in [0.1, 0.15) is 0 Å². The van der Waals surface area contributed by atoms with Gasteiger partial charge in [0, 0.05) is 31.2 Å². The fraction of sp³-hybridized carbons (Fsp3) is 0.308. The van der Waals surface area contributed by atoms with E-state index in [0.717, 1.165) is 35.8 Å². The van der Waals surface area contributed by atoms with Crippen LogP contribution in [0.1, 0.15) is 16.9 Å². The lowest BCUT2D eigenvalue weighted by molar-refractivity contribution is 0.111. The van der Waals surface area contributed by atoms with Crippen molar-refractivity contribution < 1.29 is 9.53 Å². The van der Waals surface area contributed by atoms with E-state index in [9.17, 15) is 4.79 Å². The Hall–Kier alpha value is -1.61. The van der Waals surface area contributed by atoms with E-state index in [1.165, 1.54) is 0 Å². The Bertz CT molecular complexity index is 488. The molecule has 1 aromatic heterocycles. The highest BCUT2D eigenvalue weighted by molar-refractivity contribution is 5.88. The van der Waals surface area contributed by atoms with Crippen molar-refractivity contribution in [3.63, 3.8) is 0 Å². The van der Waals surface area contributed by atoms with Crippen molar-refractivity contribution in [2.45, 2.75) is 13.0 Å². The first-order valence-electron chi connectivity index (χ1n) is 5.39. The Balaban J connectivity index is 2.35. The maximum absolute atomic E-state index is 11.0. The number of fused-ring (bicyclic) bond motifs is 1. The van der Waals surface area contributed by atoms with Crippen molar-refractivity contribution in [2.75, 3.05) is 13.7 Å². The van der Waals surface area contributed by atoms with E-state index >= 15 is 0 Å². The van der Waals surface area contributed by atoms with E-state index in [1.807, 2.05) is 34.9 Å². The molecule has 0 amide bonds. The maximum atomic E-state index is 11.0. The molecule has 0 bridgehead atoms. The molecule has 2 rings (SSSR count). The highest BCUT2D eigenvalue weighted by Gasteiger charge is 2.06. The number of nitrogens with zero attached hydrogens (tertiary/aromatic N) is 1. The number of carbonyl (C=O) groups excluding carboxylic acids is 1. The standard InChI is InChI=1S/C13H15NO2/c1-16-8-4-7-14-12(10-15)9-11-5-2-3-6-13(11)14/h2-3,5-6,9-10H,4,7-8H2,1H3. The van der Waals surface area contributed by atoms with Crippen LogP contribution < -0.4 is 0 Å². The molecule has 3 nitrogen and oxygen atoms in total. The molecule has 0 fully saturated rings. The molecule has 2 aromatic rings. The summed E-state index contributed by atoms with van der Waals surface area (Å²) < 4.78 is 7.07. The minimum Gasteiger partial charge on any atom is -0.385 e. The Morgan fingerprint density at radius 3 is 2.94 bits per heavy atom. The molecule has 1 heterocycles. The molecule has 0 saturated heterocycles. The average molecular weight is 217 g/mol. The second-order valence-corrected chi connectivity index (χ2v) is 3.74. The van der Waals surface area contributed by atoms with Crippen molar-refractivity contribution in [2.24, 2.45) is 0 Å². The zero-order valence-corrected chi connectivity index (χ0v) is 9.35. The van der Waals surface area contributed by atoms with Gasteiger partial charge in [0.25, 0.3) is 0 Å². The summed E-state index contributed by atoms with van der Waals surface area (Å²) >= 11 is 0. The van der Waals surface area contributed by atoms with Gasteiger partial charge >= 0.3 is 0 Å². The van der Waals surface area contributed by atoms with Crippen LogP contribution in [0.2, 0.25) is 0 Å². The smallest absolute Gasteiger partial charge is 0.166 e. The molecule has 16 heavy (non-hydrogen) atoms. The summed E-state index contributed by atoms with van der Waals surface area (Å²) in [6.07, 6.45) is 1.82. The number of rotatable bonds is 5.